The minimum atomic E-state index is -3.38. The molecular formula is C21H31N2O4P. The van der Waals surface area contributed by atoms with Crippen molar-refractivity contribution in [3.8, 4) is 0 Å². The van der Waals surface area contributed by atoms with E-state index in [0.717, 1.165) is 11.1 Å². The van der Waals surface area contributed by atoms with Crippen LogP contribution >= 0.6 is 7.29 Å². The normalized spacial score (nSPS) is 16.9. The molecule has 0 aliphatic carbocycles. The molecule has 2 aromatic carbocycles. The minimum Gasteiger partial charge on any atom is -0.368 e. The second kappa shape index (κ2) is 11.5. The standard InChI is InChI=1S/C21H31N2O4P/c1-2-26-20(24)14-13-19(22)28(23,25)21(15-17-9-5-3-6-10-17)27-16-18-11-7-4-8-12-18/h3-12,19-21,24H,2,13-16,22H2,1H3,(H2,23,25). The van der Waals surface area contributed by atoms with Crippen molar-refractivity contribution in [1.29, 1.82) is 0 Å². The topological polar surface area (TPSA) is 108 Å². The molecule has 4 unspecified atom stereocenters. The van der Waals surface area contributed by atoms with E-state index in [1.165, 1.54) is 0 Å². The van der Waals surface area contributed by atoms with Gasteiger partial charge in [-0.2, -0.15) is 0 Å². The van der Waals surface area contributed by atoms with Crippen LogP contribution < -0.4 is 11.2 Å². The van der Waals surface area contributed by atoms with Gasteiger partial charge in [0.15, 0.2) is 13.6 Å². The first kappa shape index (κ1) is 22.8. The first-order chi connectivity index (χ1) is 13.4. The maximum atomic E-state index is 13.4. The van der Waals surface area contributed by atoms with Gasteiger partial charge in [0.2, 0.25) is 0 Å². The Balaban J connectivity index is 2.09. The summed E-state index contributed by atoms with van der Waals surface area (Å²) in [5.74, 6) is -1.50. The highest BCUT2D eigenvalue weighted by atomic mass is 31.2. The summed E-state index contributed by atoms with van der Waals surface area (Å²) in [6.45, 7) is 2.49. The van der Waals surface area contributed by atoms with Gasteiger partial charge < -0.3 is 24.9 Å². The average molecular weight is 406 g/mol. The summed E-state index contributed by atoms with van der Waals surface area (Å²) >= 11 is 0. The zero-order valence-corrected chi connectivity index (χ0v) is 17.2. The Morgan fingerprint density at radius 2 is 1.54 bits per heavy atom. The van der Waals surface area contributed by atoms with E-state index in [1.807, 2.05) is 60.7 Å². The van der Waals surface area contributed by atoms with Crippen molar-refractivity contribution < 1.29 is 19.1 Å². The van der Waals surface area contributed by atoms with Gasteiger partial charge in [0.25, 0.3) is 0 Å². The van der Waals surface area contributed by atoms with Gasteiger partial charge in [-0.25, -0.2) is 0 Å². The fraction of sp³-hybridized carbons (Fsp3) is 0.429. The fourth-order valence-electron chi connectivity index (χ4n) is 2.90. The molecule has 7 heteroatoms. The van der Waals surface area contributed by atoms with Crippen LogP contribution in [0.2, 0.25) is 0 Å². The highest BCUT2D eigenvalue weighted by Gasteiger charge is 2.36. The van der Waals surface area contributed by atoms with Gasteiger partial charge >= 0.3 is 0 Å². The average Bonchev–Trinajstić information content (AvgIpc) is 2.71. The Labute approximate surface area is 167 Å². The lowest BCUT2D eigenvalue weighted by Gasteiger charge is -2.29. The van der Waals surface area contributed by atoms with Crippen LogP contribution in [-0.2, 0) is 27.1 Å². The summed E-state index contributed by atoms with van der Waals surface area (Å²) in [7, 11) is -3.38. The van der Waals surface area contributed by atoms with E-state index in [9.17, 15) is 9.67 Å². The zero-order chi connectivity index (χ0) is 20.4. The SMILES string of the molecule is CCOC(O)CCC(N)P(N)(=O)C(Cc1ccccc1)OCc1ccccc1. The summed E-state index contributed by atoms with van der Waals surface area (Å²) in [5.41, 5.74) is 14.4. The molecule has 0 amide bonds. The molecule has 0 aliphatic rings. The molecule has 2 rings (SSSR count). The van der Waals surface area contributed by atoms with E-state index in [2.05, 4.69) is 0 Å². The van der Waals surface area contributed by atoms with Gasteiger partial charge in [0, 0.05) is 19.4 Å². The minimum absolute atomic E-state index is 0.271. The molecular weight excluding hydrogens is 375 g/mol. The third-order valence-electron chi connectivity index (χ3n) is 4.58. The van der Waals surface area contributed by atoms with Crippen LogP contribution in [-0.4, -0.2) is 29.6 Å². The van der Waals surface area contributed by atoms with E-state index in [-0.39, 0.29) is 12.8 Å². The summed E-state index contributed by atoms with van der Waals surface area (Å²) < 4.78 is 24.5. The van der Waals surface area contributed by atoms with Gasteiger partial charge in [-0.05, 0) is 24.5 Å². The summed E-state index contributed by atoms with van der Waals surface area (Å²) in [5, 5.41) is 9.75. The van der Waals surface area contributed by atoms with Crippen LogP contribution in [0, 0.1) is 0 Å². The molecule has 0 radical (unpaired) electrons. The third-order valence-corrected chi connectivity index (χ3v) is 7.10. The van der Waals surface area contributed by atoms with Crippen LogP contribution in [0.15, 0.2) is 60.7 Å². The van der Waals surface area contributed by atoms with Crippen molar-refractivity contribution in [2.45, 2.75) is 50.7 Å². The molecule has 0 bridgehead atoms. The van der Waals surface area contributed by atoms with E-state index in [4.69, 9.17) is 20.7 Å². The molecule has 6 nitrogen and oxygen atoms in total. The molecule has 0 heterocycles. The number of nitrogens with two attached hydrogens (primary N) is 2. The molecule has 154 valence electrons. The van der Waals surface area contributed by atoms with Crippen molar-refractivity contribution in [2.75, 3.05) is 6.61 Å². The van der Waals surface area contributed by atoms with E-state index in [1.54, 1.807) is 6.92 Å². The van der Waals surface area contributed by atoms with Crippen molar-refractivity contribution in [3.05, 3.63) is 71.8 Å². The Kier molecular flexibility index (Phi) is 9.32. The van der Waals surface area contributed by atoms with E-state index < -0.39 is 25.2 Å². The molecule has 0 saturated heterocycles. The summed E-state index contributed by atoms with van der Waals surface area (Å²) in [6, 6.07) is 19.3. The molecule has 2 aromatic rings. The van der Waals surface area contributed by atoms with Crippen LogP contribution in [0.25, 0.3) is 0 Å². The number of hydrogen-bond donors (Lipinski definition) is 3. The zero-order valence-electron chi connectivity index (χ0n) is 16.3. The molecule has 5 N–H and O–H groups in total. The maximum absolute atomic E-state index is 13.4. The molecule has 0 fully saturated rings. The Morgan fingerprint density at radius 3 is 2.11 bits per heavy atom. The number of aliphatic hydroxyl groups excluding tert-OH is 1. The highest BCUT2D eigenvalue weighted by Crippen LogP contribution is 2.49. The maximum Gasteiger partial charge on any atom is 0.189 e. The van der Waals surface area contributed by atoms with Crippen LogP contribution in [0.1, 0.15) is 30.9 Å². The van der Waals surface area contributed by atoms with Gasteiger partial charge in [0.05, 0.1) is 12.4 Å². The van der Waals surface area contributed by atoms with Gasteiger partial charge in [-0.15, -0.1) is 0 Å². The summed E-state index contributed by atoms with van der Waals surface area (Å²) in [4.78, 5) is 0. The third kappa shape index (κ3) is 7.13. The second-order valence-electron chi connectivity index (χ2n) is 6.76. The number of hydrogen-bond acceptors (Lipinski definition) is 5. The number of aliphatic hydroxyl groups is 1. The molecule has 4 atom stereocenters. The first-order valence-corrected chi connectivity index (χ1v) is 11.5. The first-order valence-electron chi connectivity index (χ1n) is 9.56. The molecule has 0 aromatic heterocycles. The largest absolute Gasteiger partial charge is 0.368 e. The highest BCUT2D eigenvalue weighted by molar-refractivity contribution is 7.62. The lowest BCUT2D eigenvalue weighted by atomic mass is 10.2. The van der Waals surface area contributed by atoms with E-state index in [0.29, 0.717) is 19.6 Å². The van der Waals surface area contributed by atoms with Crippen molar-refractivity contribution >= 4 is 7.29 Å². The lowest BCUT2D eigenvalue weighted by Crippen LogP contribution is -2.34. The quantitative estimate of drug-likeness (QED) is 0.368. The van der Waals surface area contributed by atoms with Crippen molar-refractivity contribution in [1.82, 2.24) is 0 Å². The molecule has 0 aliphatic heterocycles. The smallest absolute Gasteiger partial charge is 0.189 e. The van der Waals surface area contributed by atoms with Crippen LogP contribution in [0.3, 0.4) is 0 Å². The lowest BCUT2D eigenvalue weighted by molar-refractivity contribution is -0.0992. The fourth-order valence-corrected chi connectivity index (χ4v) is 4.69. The van der Waals surface area contributed by atoms with Crippen LogP contribution in [0.5, 0.6) is 0 Å². The monoisotopic (exact) mass is 406 g/mol. The molecule has 28 heavy (non-hydrogen) atoms. The van der Waals surface area contributed by atoms with E-state index >= 15 is 0 Å². The predicted octanol–water partition coefficient (Wildman–Crippen LogP) is 3.43. The predicted molar refractivity (Wildman–Crippen MR) is 112 cm³/mol. The van der Waals surface area contributed by atoms with Gasteiger partial charge in [-0.3, -0.25) is 5.50 Å². The summed E-state index contributed by atoms with van der Waals surface area (Å²) in [6.07, 6.45) is 0.0271. The van der Waals surface area contributed by atoms with Crippen molar-refractivity contribution in [2.24, 2.45) is 11.2 Å². The Bertz CT molecular complexity index is 730. The Hall–Kier alpha value is -1.53. The second-order valence-corrected chi connectivity index (χ2v) is 9.53. The number of ether oxygens (including phenoxy) is 2. The van der Waals surface area contributed by atoms with Crippen molar-refractivity contribution in [3.63, 3.8) is 0 Å². The number of benzene rings is 2. The van der Waals surface area contributed by atoms with Gasteiger partial charge in [-0.1, -0.05) is 60.7 Å². The molecule has 0 saturated carbocycles. The Morgan fingerprint density at radius 1 is 0.964 bits per heavy atom. The van der Waals surface area contributed by atoms with Gasteiger partial charge in [0.1, 0.15) is 5.85 Å². The number of rotatable bonds is 12. The van der Waals surface area contributed by atoms with Crippen LogP contribution in [0.4, 0.5) is 0 Å². The molecule has 0 spiro atoms.